The number of aliphatic hydroxyl groups excluding tert-OH is 1. The molecule has 0 saturated heterocycles. The van der Waals surface area contributed by atoms with Crippen LogP contribution < -0.4 is 0 Å². The predicted molar refractivity (Wildman–Crippen MR) is 48.7 cm³/mol. The zero-order valence-electron chi connectivity index (χ0n) is 7.67. The van der Waals surface area contributed by atoms with Gasteiger partial charge in [0.2, 0.25) is 0 Å². The van der Waals surface area contributed by atoms with Crippen molar-refractivity contribution >= 4 is 19.4 Å². The van der Waals surface area contributed by atoms with Gasteiger partial charge in [-0.2, -0.15) is 0 Å². The van der Waals surface area contributed by atoms with E-state index in [1.165, 1.54) is 7.11 Å². The number of hydrogen-bond donors (Lipinski definition) is 1. The van der Waals surface area contributed by atoms with E-state index in [-0.39, 0.29) is 6.61 Å². The normalized spacial score (nSPS) is 20.7. The van der Waals surface area contributed by atoms with Gasteiger partial charge < -0.3 is 14.6 Å². The van der Waals surface area contributed by atoms with Crippen molar-refractivity contribution < 1.29 is 19.0 Å². The predicted octanol–water partition coefficient (Wildman–Crippen LogP) is 0.429. The van der Waals surface area contributed by atoms with Gasteiger partial charge in [0.25, 0.3) is 5.85 Å². The number of ether oxygens (including phenoxy) is 2. The van der Waals surface area contributed by atoms with Crippen molar-refractivity contribution in [1.82, 2.24) is 0 Å². The molecule has 0 aliphatic carbocycles. The van der Waals surface area contributed by atoms with Crippen molar-refractivity contribution in [3.8, 4) is 0 Å². The van der Waals surface area contributed by atoms with E-state index in [9.17, 15) is 4.39 Å². The molecule has 0 bridgehead atoms. The molecule has 1 N–H and O–H groups in total. The number of alkyl halides is 2. The summed E-state index contributed by atoms with van der Waals surface area (Å²) in [5, 5.41) is 8.13. The van der Waals surface area contributed by atoms with Gasteiger partial charge in [-0.25, -0.2) is 4.39 Å². The minimum Gasteiger partial charge on any atom is -0.390 e. The number of aliphatic hydroxyl groups is 1. The molecule has 0 aromatic rings. The molecule has 0 fully saturated rings. The highest BCUT2D eigenvalue weighted by Crippen LogP contribution is 2.17. The average molecular weight is 210 g/mol. The van der Waals surface area contributed by atoms with Crippen LogP contribution in [0.1, 0.15) is 6.92 Å². The van der Waals surface area contributed by atoms with E-state index in [2.05, 4.69) is 4.74 Å². The molecule has 0 aromatic heterocycles. The van der Waals surface area contributed by atoms with Crippen LogP contribution in [0.4, 0.5) is 4.39 Å². The van der Waals surface area contributed by atoms with E-state index in [0.717, 1.165) is 0 Å². The van der Waals surface area contributed by atoms with Gasteiger partial charge in [0.1, 0.15) is 21.1 Å². The van der Waals surface area contributed by atoms with Crippen LogP contribution in [0.15, 0.2) is 0 Å². The fraction of sp³-hybridized carbons (Fsp3) is 1.00. The molecule has 3 nitrogen and oxygen atoms in total. The Bertz CT molecular complexity index is 150. The topological polar surface area (TPSA) is 38.7 Å². The summed E-state index contributed by atoms with van der Waals surface area (Å²) in [6.45, 7) is 0.357. The zero-order valence-corrected chi connectivity index (χ0v) is 8.42. The second-order valence-electron chi connectivity index (χ2n) is 2.73. The van der Waals surface area contributed by atoms with Gasteiger partial charge in [-0.05, 0) is 6.92 Å². The molecule has 6 heteroatoms. The SMILES string of the molecule is [B]C(OC(F)(CO)COC)[C@H](C)Cl. The summed E-state index contributed by atoms with van der Waals surface area (Å²) >= 11 is 5.55. The van der Waals surface area contributed by atoms with Crippen LogP contribution >= 0.6 is 11.6 Å². The lowest BCUT2D eigenvalue weighted by atomic mass is 9.97. The molecule has 0 aliphatic heterocycles. The Balaban J connectivity index is 4.09. The molecule has 0 aliphatic rings. The highest BCUT2D eigenvalue weighted by atomic mass is 35.5. The first-order valence-corrected chi connectivity index (χ1v) is 4.25. The van der Waals surface area contributed by atoms with Gasteiger partial charge in [0.15, 0.2) is 0 Å². The summed E-state index contributed by atoms with van der Waals surface area (Å²) in [5.74, 6) is -2.28. The van der Waals surface area contributed by atoms with Crippen molar-refractivity contribution in [3.05, 3.63) is 0 Å². The molecule has 0 spiro atoms. The van der Waals surface area contributed by atoms with Crippen molar-refractivity contribution in [3.63, 3.8) is 0 Å². The third kappa shape index (κ3) is 4.81. The molecule has 0 amide bonds. The Morgan fingerprint density at radius 1 is 1.69 bits per heavy atom. The van der Waals surface area contributed by atoms with E-state index in [0.29, 0.717) is 0 Å². The fourth-order valence-electron chi connectivity index (χ4n) is 0.670. The molecule has 2 unspecified atom stereocenters. The Hall–Kier alpha value is 0.165. The first-order valence-electron chi connectivity index (χ1n) is 3.81. The molecule has 0 saturated carbocycles. The van der Waals surface area contributed by atoms with Crippen LogP contribution in [0, 0.1) is 0 Å². The standard InChI is InChI=1S/C7H13BClFO3/c1-5(9)6(8)13-7(10,3-11)4-12-2/h5-6,11H,3-4H2,1-2H3/t5-,6?,7?/m0/s1. The molecule has 2 radical (unpaired) electrons. The van der Waals surface area contributed by atoms with Crippen molar-refractivity contribution in [2.45, 2.75) is 24.2 Å². The summed E-state index contributed by atoms with van der Waals surface area (Å²) in [5.41, 5.74) is 0. The third-order valence-electron chi connectivity index (χ3n) is 1.40. The highest BCUT2D eigenvalue weighted by Gasteiger charge is 2.32. The van der Waals surface area contributed by atoms with Crippen LogP contribution in [0.3, 0.4) is 0 Å². The molecule has 0 rings (SSSR count). The molecule has 0 aromatic carbocycles. The van der Waals surface area contributed by atoms with Gasteiger partial charge in [0, 0.05) is 18.5 Å². The lowest BCUT2D eigenvalue weighted by Gasteiger charge is -2.28. The van der Waals surface area contributed by atoms with Crippen LogP contribution in [0.5, 0.6) is 0 Å². The van der Waals surface area contributed by atoms with Crippen LogP contribution in [0.2, 0.25) is 0 Å². The second kappa shape index (κ2) is 5.80. The second-order valence-corrected chi connectivity index (χ2v) is 3.42. The molecule has 13 heavy (non-hydrogen) atoms. The Morgan fingerprint density at radius 3 is 2.54 bits per heavy atom. The van der Waals surface area contributed by atoms with E-state index in [4.69, 9.17) is 29.3 Å². The smallest absolute Gasteiger partial charge is 0.255 e. The van der Waals surface area contributed by atoms with E-state index >= 15 is 0 Å². The summed E-state index contributed by atoms with van der Waals surface area (Å²) < 4.78 is 22.6. The van der Waals surface area contributed by atoms with E-state index < -0.39 is 23.8 Å². The third-order valence-corrected chi connectivity index (χ3v) is 1.64. The number of halogens is 2. The fourth-order valence-corrected chi connectivity index (χ4v) is 0.722. The molecule has 0 heterocycles. The highest BCUT2D eigenvalue weighted by molar-refractivity contribution is 6.26. The number of hydrogen-bond acceptors (Lipinski definition) is 3. The lowest BCUT2D eigenvalue weighted by Crippen LogP contribution is -2.42. The molecular formula is C7H13BClFO3. The van der Waals surface area contributed by atoms with Crippen LogP contribution in [-0.2, 0) is 9.47 Å². The maximum atomic E-state index is 13.4. The summed E-state index contributed by atoms with van der Waals surface area (Å²) in [6, 6.07) is -0.978. The number of methoxy groups -OCH3 is 1. The molecule has 3 atom stereocenters. The zero-order chi connectivity index (χ0) is 10.5. The van der Waals surface area contributed by atoms with E-state index in [1.807, 2.05) is 0 Å². The number of rotatable bonds is 6. The first kappa shape index (κ1) is 13.2. The molecular weight excluding hydrogens is 197 g/mol. The quantitative estimate of drug-likeness (QED) is 0.510. The van der Waals surface area contributed by atoms with Crippen LogP contribution in [0.25, 0.3) is 0 Å². The van der Waals surface area contributed by atoms with Crippen molar-refractivity contribution in [2.24, 2.45) is 0 Å². The van der Waals surface area contributed by atoms with Gasteiger partial charge in [-0.15, -0.1) is 11.6 Å². The monoisotopic (exact) mass is 210 g/mol. The summed E-state index contributed by atoms with van der Waals surface area (Å²) in [7, 11) is 6.64. The van der Waals surface area contributed by atoms with Gasteiger partial charge in [0.05, 0.1) is 0 Å². The largest absolute Gasteiger partial charge is 0.390 e. The molecule has 76 valence electrons. The maximum Gasteiger partial charge on any atom is 0.255 e. The van der Waals surface area contributed by atoms with Crippen molar-refractivity contribution in [1.29, 1.82) is 0 Å². The lowest BCUT2D eigenvalue weighted by molar-refractivity contribution is -0.206. The van der Waals surface area contributed by atoms with Gasteiger partial charge in [-0.3, -0.25) is 0 Å². The Kier molecular flexibility index (Phi) is 5.88. The summed E-state index contributed by atoms with van der Waals surface area (Å²) in [6.07, 6.45) is 0. The van der Waals surface area contributed by atoms with Crippen molar-refractivity contribution in [2.75, 3.05) is 20.3 Å². The average Bonchev–Trinajstić information content (AvgIpc) is 2.04. The van der Waals surface area contributed by atoms with Gasteiger partial charge >= 0.3 is 0 Å². The summed E-state index contributed by atoms with van der Waals surface area (Å²) in [4.78, 5) is 0. The minimum atomic E-state index is -2.28. The Labute approximate surface area is 83.6 Å². The minimum absolute atomic E-state index is 0.388. The van der Waals surface area contributed by atoms with Crippen LogP contribution in [-0.4, -0.2) is 50.5 Å². The Morgan fingerprint density at radius 2 is 2.23 bits per heavy atom. The van der Waals surface area contributed by atoms with Gasteiger partial charge in [-0.1, -0.05) is 0 Å². The first-order chi connectivity index (χ1) is 5.95. The van der Waals surface area contributed by atoms with E-state index in [1.54, 1.807) is 6.92 Å². The maximum absolute atomic E-state index is 13.4.